The van der Waals surface area contributed by atoms with E-state index in [2.05, 4.69) is 15.0 Å². The minimum atomic E-state index is -3.71. The van der Waals surface area contributed by atoms with E-state index in [1.165, 1.54) is 18.0 Å². The molecule has 0 saturated carbocycles. The monoisotopic (exact) mass is 319 g/mol. The second-order valence-electron chi connectivity index (χ2n) is 4.23. The number of likely N-dealkylation sites (tertiary alicyclic amines) is 1. The van der Waals surface area contributed by atoms with E-state index in [-0.39, 0.29) is 34.4 Å². The van der Waals surface area contributed by atoms with Gasteiger partial charge >= 0.3 is 6.03 Å². The topological polar surface area (TPSA) is 134 Å². The van der Waals surface area contributed by atoms with Gasteiger partial charge in [-0.05, 0) is 0 Å². The number of hydrogen-bond donors (Lipinski definition) is 3. The highest BCUT2D eigenvalue weighted by atomic mass is 32.2. The molecule has 1 aromatic rings. The fraction of sp³-hybridized carbons (Fsp3) is 0.444. The molecule has 0 aliphatic carbocycles. The van der Waals surface area contributed by atoms with Crippen molar-refractivity contribution in [3.63, 3.8) is 0 Å². The van der Waals surface area contributed by atoms with E-state index in [0.29, 0.717) is 0 Å². The second kappa shape index (κ2) is 5.34. The van der Waals surface area contributed by atoms with Crippen LogP contribution >= 0.6 is 11.3 Å². The molecular formula is C9H13N5O4S2. The summed E-state index contributed by atoms with van der Waals surface area (Å²) >= 11 is 0.853. The summed E-state index contributed by atoms with van der Waals surface area (Å²) in [4.78, 5) is 26.8. The van der Waals surface area contributed by atoms with Gasteiger partial charge in [-0.1, -0.05) is 11.3 Å². The van der Waals surface area contributed by atoms with Crippen LogP contribution < -0.4 is 15.8 Å². The summed E-state index contributed by atoms with van der Waals surface area (Å²) in [5, 5.41) is 2.62. The molecule has 0 unspecified atom stereocenters. The van der Waals surface area contributed by atoms with Gasteiger partial charge in [-0.25, -0.2) is 22.9 Å². The largest absolute Gasteiger partial charge is 0.351 e. The summed E-state index contributed by atoms with van der Waals surface area (Å²) in [6.07, 6.45) is 1.17. The van der Waals surface area contributed by atoms with Crippen LogP contribution in [0.25, 0.3) is 0 Å². The minimum absolute atomic E-state index is 0.00113. The van der Waals surface area contributed by atoms with Crippen LogP contribution in [0.5, 0.6) is 0 Å². The molecule has 11 heteroatoms. The molecule has 2 heterocycles. The molecule has 0 spiro atoms. The molecule has 110 valence electrons. The molecule has 0 atom stereocenters. The highest BCUT2D eigenvalue weighted by Crippen LogP contribution is 2.23. The molecule has 20 heavy (non-hydrogen) atoms. The van der Waals surface area contributed by atoms with E-state index < -0.39 is 16.1 Å². The average molecular weight is 319 g/mol. The summed E-state index contributed by atoms with van der Waals surface area (Å²) in [5.41, 5.74) is 5.05. The lowest BCUT2D eigenvalue weighted by atomic mass is 10.1. The zero-order valence-electron chi connectivity index (χ0n) is 10.5. The van der Waals surface area contributed by atoms with Crippen molar-refractivity contribution in [3.05, 3.63) is 6.20 Å². The van der Waals surface area contributed by atoms with Gasteiger partial charge in [0.25, 0.3) is 10.0 Å². The molecule has 0 radical (unpaired) electrons. The third-order valence-corrected chi connectivity index (χ3v) is 5.44. The quantitative estimate of drug-likeness (QED) is 0.664. The third kappa shape index (κ3) is 3.23. The van der Waals surface area contributed by atoms with E-state index in [0.717, 1.165) is 11.3 Å². The zero-order valence-corrected chi connectivity index (χ0v) is 12.1. The second-order valence-corrected chi connectivity index (χ2v) is 7.20. The molecule has 0 bridgehead atoms. The number of hydrogen-bond acceptors (Lipinski definition) is 6. The number of amides is 3. The van der Waals surface area contributed by atoms with Crippen molar-refractivity contribution in [2.24, 2.45) is 5.73 Å². The molecule has 1 aliphatic heterocycles. The van der Waals surface area contributed by atoms with Crippen LogP contribution in [0.3, 0.4) is 0 Å². The lowest BCUT2D eigenvalue weighted by Crippen LogP contribution is -2.62. The SMILES string of the molecule is CC(=O)Nc1ncc(S(=O)(=O)NC2CN(C(N)=O)C2)s1. The van der Waals surface area contributed by atoms with Gasteiger partial charge in [0.1, 0.15) is 0 Å². The van der Waals surface area contributed by atoms with Gasteiger partial charge in [0.05, 0.1) is 12.2 Å². The number of urea groups is 1. The number of thiazole rings is 1. The number of rotatable bonds is 4. The van der Waals surface area contributed by atoms with E-state index in [4.69, 9.17) is 5.73 Å². The number of nitrogens with two attached hydrogens (primary N) is 1. The molecule has 3 amide bonds. The van der Waals surface area contributed by atoms with Crippen LogP contribution in [0, 0.1) is 0 Å². The Morgan fingerprint density at radius 2 is 2.15 bits per heavy atom. The Morgan fingerprint density at radius 1 is 1.50 bits per heavy atom. The fourth-order valence-electron chi connectivity index (χ4n) is 1.60. The maximum absolute atomic E-state index is 12.0. The molecule has 2 rings (SSSR count). The highest BCUT2D eigenvalue weighted by Gasteiger charge is 2.33. The van der Waals surface area contributed by atoms with Gasteiger partial charge in [0, 0.05) is 20.0 Å². The van der Waals surface area contributed by atoms with Gasteiger partial charge in [0.15, 0.2) is 9.34 Å². The van der Waals surface area contributed by atoms with Crippen molar-refractivity contribution >= 4 is 38.4 Å². The van der Waals surface area contributed by atoms with E-state index in [1.807, 2.05) is 0 Å². The number of anilines is 1. The maximum atomic E-state index is 12.0. The lowest BCUT2D eigenvalue weighted by molar-refractivity contribution is -0.114. The van der Waals surface area contributed by atoms with Crippen molar-refractivity contribution in [1.29, 1.82) is 0 Å². The molecule has 1 saturated heterocycles. The number of sulfonamides is 1. The van der Waals surface area contributed by atoms with Crippen molar-refractivity contribution in [2.75, 3.05) is 18.4 Å². The summed E-state index contributed by atoms with van der Waals surface area (Å²) in [5.74, 6) is -0.327. The van der Waals surface area contributed by atoms with Crippen LogP contribution in [0.4, 0.5) is 9.93 Å². The third-order valence-electron chi connectivity index (χ3n) is 2.55. The Hall–Kier alpha value is -1.72. The summed E-state index contributed by atoms with van der Waals surface area (Å²) in [6, 6.07) is -0.940. The van der Waals surface area contributed by atoms with E-state index >= 15 is 0 Å². The van der Waals surface area contributed by atoms with Crippen LogP contribution in [0.15, 0.2) is 10.4 Å². The molecule has 0 aromatic carbocycles. The van der Waals surface area contributed by atoms with Gasteiger partial charge < -0.3 is 16.0 Å². The Kier molecular flexibility index (Phi) is 3.92. The number of carbonyl (C=O) groups excluding carboxylic acids is 2. The number of nitrogens with one attached hydrogen (secondary N) is 2. The fourth-order valence-corrected chi connectivity index (χ4v) is 3.91. The van der Waals surface area contributed by atoms with Crippen molar-refractivity contribution < 1.29 is 18.0 Å². The number of carbonyl (C=O) groups is 2. The van der Waals surface area contributed by atoms with E-state index in [1.54, 1.807) is 0 Å². The van der Waals surface area contributed by atoms with Crippen LogP contribution in [0.2, 0.25) is 0 Å². The summed E-state index contributed by atoms with van der Waals surface area (Å²) in [6.45, 7) is 1.79. The zero-order chi connectivity index (χ0) is 14.9. The van der Waals surface area contributed by atoms with Gasteiger partial charge in [0.2, 0.25) is 5.91 Å². The minimum Gasteiger partial charge on any atom is -0.351 e. The Bertz CT molecular complexity index is 635. The van der Waals surface area contributed by atoms with Crippen LogP contribution in [0.1, 0.15) is 6.92 Å². The maximum Gasteiger partial charge on any atom is 0.314 e. The van der Waals surface area contributed by atoms with E-state index in [9.17, 15) is 18.0 Å². The van der Waals surface area contributed by atoms with Crippen molar-refractivity contribution in [2.45, 2.75) is 17.2 Å². The molecule has 1 aromatic heterocycles. The first-order chi connectivity index (χ1) is 9.28. The Labute approximate surface area is 119 Å². The molecule has 9 nitrogen and oxygen atoms in total. The van der Waals surface area contributed by atoms with Gasteiger partial charge in [-0.15, -0.1) is 0 Å². The Morgan fingerprint density at radius 3 is 2.70 bits per heavy atom. The number of nitrogens with zero attached hydrogens (tertiary/aromatic N) is 2. The van der Waals surface area contributed by atoms with Gasteiger partial charge in [-0.2, -0.15) is 0 Å². The summed E-state index contributed by atoms with van der Waals surface area (Å²) in [7, 11) is -3.71. The predicted octanol–water partition coefficient (Wildman–Crippen LogP) is -0.857. The molecule has 1 aliphatic rings. The average Bonchev–Trinajstić information content (AvgIpc) is 2.70. The Balaban J connectivity index is 1.99. The highest BCUT2D eigenvalue weighted by molar-refractivity contribution is 7.91. The molecule has 1 fully saturated rings. The van der Waals surface area contributed by atoms with Crippen molar-refractivity contribution in [1.82, 2.24) is 14.6 Å². The molecular weight excluding hydrogens is 306 g/mol. The standard InChI is InChI=1S/C9H13N5O4S2/c1-5(15)12-9-11-2-7(19-9)20(17,18)13-6-3-14(4-6)8(10)16/h2,6,13H,3-4H2,1H3,(H2,10,16)(H,11,12,15). The normalized spacial score (nSPS) is 15.8. The smallest absolute Gasteiger partial charge is 0.314 e. The first kappa shape index (κ1) is 14.7. The van der Waals surface area contributed by atoms with Crippen LogP contribution in [-0.2, 0) is 14.8 Å². The first-order valence-corrected chi connectivity index (χ1v) is 7.88. The first-order valence-electron chi connectivity index (χ1n) is 5.58. The van der Waals surface area contributed by atoms with Crippen molar-refractivity contribution in [3.8, 4) is 0 Å². The predicted molar refractivity (Wildman–Crippen MR) is 71.7 cm³/mol. The van der Waals surface area contributed by atoms with Crippen LogP contribution in [-0.4, -0.2) is 49.4 Å². The summed E-state index contributed by atoms with van der Waals surface area (Å²) < 4.78 is 26.5. The molecule has 4 N–H and O–H groups in total. The lowest BCUT2D eigenvalue weighted by Gasteiger charge is -2.37. The number of aromatic nitrogens is 1. The van der Waals surface area contributed by atoms with Gasteiger partial charge in [-0.3, -0.25) is 4.79 Å². The number of primary amides is 1.